The Kier molecular flexibility index (Phi) is 4.54. The van der Waals surface area contributed by atoms with Crippen LogP contribution in [0.3, 0.4) is 0 Å². The highest BCUT2D eigenvalue weighted by Gasteiger charge is 2.10. The van der Waals surface area contributed by atoms with E-state index in [0.29, 0.717) is 6.54 Å². The van der Waals surface area contributed by atoms with Crippen LogP contribution in [0.1, 0.15) is 27.5 Å². The van der Waals surface area contributed by atoms with E-state index in [9.17, 15) is 15.2 Å². The second kappa shape index (κ2) is 6.55. The Morgan fingerprint density at radius 1 is 1.14 bits per heavy atom. The third-order valence-corrected chi connectivity index (χ3v) is 3.07. The summed E-state index contributed by atoms with van der Waals surface area (Å²) in [6.07, 6.45) is 0. The summed E-state index contributed by atoms with van der Waals surface area (Å²) < 4.78 is 0. The molecule has 0 aliphatic heterocycles. The number of phenolic OH excluding ortho intramolecular Hbond substituents is 1. The fourth-order valence-electron chi connectivity index (χ4n) is 1.89. The van der Waals surface area contributed by atoms with Crippen molar-refractivity contribution in [1.29, 1.82) is 5.26 Å². The van der Waals surface area contributed by atoms with E-state index in [-0.39, 0.29) is 11.3 Å². The second-order valence-corrected chi connectivity index (χ2v) is 4.54. The molecule has 0 aromatic heterocycles. The molecule has 0 saturated heterocycles. The highest BCUT2D eigenvalue weighted by molar-refractivity contribution is 5.87. The Hall–Kier alpha value is -2.84. The van der Waals surface area contributed by atoms with E-state index in [1.807, 2.05) is 0 Å². The van der Waals surface area contributed by atoms with Gasteiger partial charge in [-0.1, -0.05) is 24.3 Å². The van der Waals surface area contributed by atoms with E-state index in [1.54, 1.807) is 24.3 Å². The highest BCUT2D eigenvalue weighted by atomic mass is 16.4. The molecule has 0 spiro atoms. The van der Waals surface area contributed by atoms with E-state index < -0.39 is 12.0 Å². The van der Waals surface area contributed by atoms with Crippen LogP contribution in [-0.2, 0) is 6.54 Å². The number of carboxylic acids is 1. The first-order chi connectivity index (χ1) is 10.1. The first kappa shape index (κ1) is 14.6. The number of nitriles is 1. The van der Waals surface area contributed by atoms with Crippen molar-refractivity contribution in [3.05, 3.63) is 65.2 Å². The summed E-state index contributed by atoms with van der Waals surface area (Å²) in [6.45, 7) is 0.443. The zero-order chi connectivity index (χ0) is 15.2. The number of hydrogen-bond acceptors (Lipinski definition) is 4. The molecular weight excluding hydrogens is 268 g/mol. The molecule has 2 rings (SSSR count). The van der Waals surface area contributed by atoms with Crippen LogP contribution in [0.2, 0.25) is 0 Å². The maximum Gasteiger partial charge on any atom is 0.335 e. The lowest BCUT2D eigenvalue weighted by Gasteiger charge is -2.12. The van der Waals surface area contributed by atoms with Gasteiger partial charge in [-0.05, 0) is 35.4 Å². The van der Waals surface area contributed by atoms with Crippen molar-refractivity contribution in [2.24, 2.45) is 0 Å². The third kappa shape index (κ3) is 3.81. The third-order valence-electron chi connectivity index (χ3n) is 3.07. The molecule has 0 saturated carbocycles. The number of carboxylic acid groups (broad SMARTS) is 1. The number of rotatable bonds is 5. The molecule has 106 valence electrons. The van der Waals surface area contributed by atoms with E-state index in [0.717, 1.165) is 11.1 Å². The fraction of sp³-hybridized carbons (Fsp3) is 0.125. The number of benzene rings is 2. The van der Waals surface area contributed by atoms with Crippen molar-refractivity contribution in [2.45, 2.75) is 12.6 Å². The van der Waals surface area contributed by atoms with Crippen LogP contribution in [0.5, 0.6) is 5.75 Å². The Morgan fingerprint density at radius 3 is 2.29 bits per heavy atom. The Labute approximate surface area is 122 Å². The van der Waals surface area contributed by atoms with Gasteiger partial charge in [0.15, 0.2) is 0 Å². The fourth-order valence-corrected chi connectivity index (χ4v) is 1.89. The van der Waals surface area contributed by atoms with Crippen molar-refractivity contribution in [1.82, 2.24) is 5.32 Å². The summed E-state index contributed by atoms with van der Waals surface area (Å²) in [4.78, 5) is 10.8. The predicted molar refractivity (Wildman–Crippen MR) is 76.7 cm³/mol. The van der Waals surface area contributed by atoms with Gasteiger partial charge in [0, 0.05) is 6.54 Å². The molecule has 0 heterocycles. The molecular formula is C16H14N2O3. The number of aromatic hydroxyl groups is 1. The van der Waals surface area contributed by atoms with Crippen molar-refractivity contribution in [3.8, 4) is 11.8 Å². The van der Waals surface area contributed by atoms with Crippen LogP contribution in [0.4, 0.5) is 0 Å². The van der Waals surface area contributed by atoms with E-state index in [1.165, 1.54) is 24.3 Å². The lowest BCUT2D eigenvalue weighted by Crippen LogP contribution is -2.19. The molecule has 0 radical (unpaired) electrons. The van der Waals surface area contributed by atoms with Crippen LogP contribution >= 0.6 is 0 Å². The molecule has 1 atom stereocenters. The quantitative estimate of drug-likeness (QED) is 0.783. The smallest absolute Gasteiger partial charge is 0.335 e. The van der Waals surface area contributed by atoms with Crippen LogP contribution in [0, 0.1) is 11.3 Å². The SMILES string of the molecule is N#CC(NCc1ccc(C(=O)O)cc1)c1ccc(O)cc1. The maximum atomic E-state index is 10.8. The molecule has 5 nitrogen and oxygen atoms in total. The number of nitrogens with one attached hydrogen (secondary N) is 1. The van der Waals surface area contributed by atoms with Gasteiger partial charge in [-0.15, -0.1) is 0 Å². The van der Waals surface area contributed by atoms with Gasteiger partial charge in [0.2, 0.25) is 0 Å². The zero-order valence-corrected chi connectivity index (χ0v) is 11.2. The van der Waals surface area contributed by atoms with Gasteiger partial charge < -0.3 is 10.2 Å². The number of nitrogens with zero attached hydrogens (tertiary/aromatic N) is 1. The second-order valence-electron chi connectivity index (χ2n) is 4.54. The molecule has 2 aromatic carbocycles. The topological polar surface area (TPSA) is 93.4 Å². The minimum absolute atomic E-state index is 0.152. The van der Waals surface area contributed by atoms with Crippen molar-refractivity contribution in [2.75, 3.05) is 0 Å². The minimum Gasteiger partial charge on any atom is -0.508 e. The Bertz CT molecular complexity index is 657. The molecule has 0 aliphatic carbocycles. The summed E-state index contributed by atoms with van der Waals surface area (Å²) >= 11 is 0. The molecule has 3 N–H and O–H groups in total. The number of carbonyl (C=O) groups is 1. The molecule has 0 amide bonds. The van der Waals surface area contributed by atoms with Crippen LogP contribution < -0.4 is 5.32 Å². The maximum absolute atomic E-state index is 10.8. The van der Waals surface area contributed by atoms with Crippen molar-refractivity contribution in [3.63, 3.8) is 0 Å². The largest absolute Gasteiger partial charge is 0.508 e. The summed E-state index contributed by atoms with van der Waals surface area (Å²) in [5.74, 6) is -0.812. The average molecular weight is 282 g/mol. The van der Waals surface area contributed by atoms with Gasteiger partial charge >= 0.3 is 5.97 Å². The molecule has 0 fully saturated rings. The normalized spacial score (nSPS) is 11.6. The van der Waals surface area contributed by atoms with Gasteiger partial charge in [-0.2, -0.15) is 5.26 Å². The van der Waals surface area contributed by atoms with Crippen LogP contribution in [0.25, 0.3) is 0 Å². The average Bonchev–Trinajstić information content (AvgIpc) is 2.50. The number of hydrogen-bond donors (Lipinski definition) is 3. The van der Waals surface area contributed by atoms with E-state index >= 15 is 0 Å². The zero-order valence-electron chi connectivity index (χ0n) is 11.2. The molecule has 5 heteroatoms. The van der Waals surface area contributed by atoms with Gasteiger partial charge in [0.05, 0.1) is 11.6 Å². The van der Waals surface area contributed by atoms with Crippen molar-refractivity contribution >= 4 is 5.97 Å². The van der Waals surface area contributed by atoms with Gasteiger partial charge in [0.1, 0.15) is 11.8 Å². The molecule has 0 aliphatic rings. The monoisotopic (exact) mass is 282 g/mol. The lowest BCUT2D eigenvalue weighted by molar-refractivity contribution is 0.0697. The lowest BCUT2D eigenvalue weighted by atomic mass is 10.1. The molecule has 0 bridgehead atoms. The summed E-state index contributed by atoms with van der Waals surface area (Å²) in [5, 5.41) is 30.3. The minimum atomic E-state index is -0.964. The van der Waals surface area contributed by atoms with Crippen LogP contribution in [-0.4, -0.2) is 16.2 Å². The number of phenols is 1. The predicted octanol–water partition coefficient (Wildman–Crippen LogP) is 2.44. The Balaban J connectivity index is 2.02. The van der Waals surface area contributed by atoms with E-state index in [2.05, 4.69) is 11.4 Å². The van der Waals surface area contributed by atoms with Gasteiger partial charge in [0.25, 0.3) is 0 Å². The first-order valence-corrected chi connectivity index (χ1v) is 6.34. The molecule has 1 unspecified atom stereocenters. The Morgan fingerprint density at radius 2 is 1.76 bits per heavy atom. The standard InChI is InChI=1S/C16H14N2O3/c17-9-15(12-5-7-14(19)8-6-12)18-10-11-1-3-13(4-2-11)16(20)21/h1-8,15,18-19H,10H2,(H,20,21). The summed E-state index contributed by atoms with van der Waals surface area (Å²) in [6, 6.07) is 14.6. The summed E-state index contributed by atoms with van der Waals surface area (Å²) in [5.41, 5.74) is 1.88. The molecule has 21 heavy (non-hydrogen) atoms. The van der Waals surface area contributed by atoms with Crippen LogP contribution in [0.15, 0.2) is 48.5 Å². The number of aromatic carboxylic acids is 1. The first-order valence-electron chi connectivity index (χ1n) is 6.34. The molecule has 2 aromatic rings. The van der Waals surface area contributed by atoms with Gasteiger partial charge in [-0.25, -0.2) is 4.79 Å². The van der Waals surface area contributed by atoms with Gasteiger partial charge in [-0.3, -0.25) is 5.32 Å². The summed E-state index contributed by atoms with van der Waals surface area (Å²) in [7, 11) is 0. The van der Waals surface area contributed by atoms with E-state index in [4.69, 9.17) is 5.11 Å². The van der Waals surface area contributed by atoms with Crippen molar-refractivity contribution < 1.29 is 15.0 Å². The highest BCUT2D eigenvalue weighted by Crippen LogP contribution is 2.17.